The molecule has 0 saturated carbocycles. The van der Waals surface area contributed by atoms with Crippen LogP contribution in [0.2, 0.25) is 0 Å². The molecule has 0 aliphatic carbocycles. The minimum Gasteiger partial charge on any atom is -0.465 e. The average molecular weight is 168 g/mol. The highest BCUT2D eigenvalue weighted by Crippen LogP contribution is 1.97. The minimum absolute atomic E-state index is 0.257. The van der Waals surface area contributed by atoms with Crippen molar-refractivity contribution in [1.82, 2.24) is 0 Å². The van der Waals surface area contributed by atoms with Gasteiger partial charge in [-0.1, -0.05) is 19.6 Å². The van der Waals surface area contributed by atoms with E-state index in [9.17, 15) is 0 Å². The molecule has 0 aliphatic heterocycles. The van der Waals surface area contributed by atoms with Crippen LogP contribution in [-0.4, -0.2) is 6.79 Å². The third-order valence-electron chi connectivity index (χ3n) is 1.16. The van der Waals surface area contributed by atoms with Crippen molar-refractivity contribution in [1.29, 1.82) is 0 Å². The maximum Gasteiger partial charge on any atom is 0.229 e. The SMILES string of the molecule is C=C/C=C/OCO/C(C)=C/CC. The molecule has 12 heavy (non-hydrogen) atoms. The van der Waals surface area contributed by atoms with E-state index >= 15 is 0 Å². The van der Waals surface area contributed by atoms with Gasteiger partial charge in [-0.25, -0.2) is 0 Å². The first-order chi connectivity index (χ1) is 5.81. The fourth-order valence-corrected chi connectivity index (χ4v) is 0.624. The van der Waals surface area contributed by atoms with Crippen LogP contribution in [0, 0.1) is 0 Å². The number of hydrogen-bond donors (Lipinski definition) is 0. The Kier molecular flexibility index (Phi) is 7.14. The lowest BCUT2D eigenvalue weighted by Gasteiger charge is -2.04. The predicted molar refractivity (Wildman–Crippen MR) is 50.4 cm³/mol. The standard InChI is InChI=1S/C10H16O2/c1-4-6-8-11-9-12-10(3)7-5-2/h4,6-8H,1,5,9H2,2-3H3/b8-6+,10-7+. The van der Waals surface area contributed by atoms with Crippen LogP contribution in [0.5, 0.6) is 0 Å². The molecule has 0 heterocycles. The monoisotopic (exact) mass is 168 g/mol. The van der Waals surface area contributed by atoms with E-state index in [1.807, 2.05) is 13.0 Å². The van der Waals surface area contributed by atoms with Gasteiger partial charge in [-0.05, 0) is 25.5 Å². The second-order valence-electron chi connectivity index (χ2n) is 2.22. The van der Waals surface area contributed by atoms with E-state index in [1.54, 1.807) is 18.4 Å². The normalized spacial score (nSPS) is 11.7. The summed E-state index contributed by atoms with van der Waals surface area (Å²) in [4.78, 5) is 0. The van der Waals surface area contributed by atoms with Gasteiger partial charge in [-0.3, -0.25) is 0 Å². The molecule has 0 fully saturated rings. The van der Waals surface area contributed by atoms with Crippen LogP contribution >= 0.6 is 0 Å². The van der Waals surface area contributed by atoms with Crippen molar-refractivity contribution in [2.45, 2.75) is 20.3 Å². The van der Waals surface area contributed by atoms with Gasteiger partial charge in [-0.2, -0.15) is 0 Å². The summed E-state index contributed by atoms with van der Waals surface area (Å²) >= 11 is 0. The Hall–Kier alpha value is -1.18. The summed E-state index contributed by atoms with van der Waals surface area (Å²) in [5.41, 5.74) is 0. The Morgan fingerprint density at radius 2 is 2.25 bits per heavy atom. The largest absolute Gasteiger partial charge is 0.465 e. The molecule has 0 N–H and O–H groups in total. The molecule has 0 bridgehead atoms. The van der Waals surface area contributed by atoms with Gasteiger partial charge >= 0.3 is 0 Å². The summed E-state index contributed by atoms with van der Waals surface area (Å²) in [5, 5.41) is 0. The topological polar surface area (TPSA) is 18.5 Å². The summed E-state index contributed by atoms with van der Waals surface area (Å²) in [7, 11) is 0. The Morgan fingerprint density at radius 1 is 1.50 bits per heavy atom. The first kappa shape index (κ1) is 10.8. The van der Waals surface area contributed by atoms with E-state index in [0.717, 1.165) is 12.2 Å². The van der Waals surface area contributed by atoms with Gasteiger partial charge in [-0.15, -0.1) is 0 Å². The van der Waals surface area contributed by atoms with Gasteiger partial charge in [0, 0.05) is 0 Å². The van der Waals surface area contributed by atoms with E-state index in [2.05, 4.69) is 13.5 Å². The number of rotatable bonds is 6. The molecule has 0 spiro atoms. The van der Waals surface area contributed by atoms with Crippen LogP contribution < -0.4 is 0 Å². The smallest absolute Gasteiger partial charge is 0.229 e. The van der Waals surface area contributed by atoms with Gasteiger partial charge < -0.3 is 9.47 Å². The summed E-state index contributed by atoms with van der Waals surface area (Å²) in [6, 6.07) is 0. The zero-order valence-electron chi connectivity index (χ0n) is 7.75. The molecule has 0 unspecified atom stereocenters. The zero-order valence-corrected chi connectivity index (χ0v) is 7.75. The van der Waals surface area contributed by atoms with Crippen molar-refractivity contribution in [2.75, 3.05) is 6.79 Å². The zero-order chi connectivity index (χ0) is 9.23. The molecule has 0 aromatic carbocycles. The molecular weight excluding hydrogens is 152 g/mol. The first-order valence-corrected chi connectivity index (χ1v) is 4.00. The minimum atomic E-state index is 0.257. The predicted octanol–water partition coefficient (Wildman–Crippen LogP) is 2.99. The quantitative estimate of drug-likeness (QED) is 0.263. The second kappa shape index (κ2) is 7.92. The Labute approximate surface area is 74.2 Å². The van der Waals surface area contributed by atoms with Gasteiger partial charge in [0.05, 0.1) is 12.0 Å². The highest BCUT2D eigenvalue weighted by Gasteiger charge is 1.85. The van der Waals surface area contributed by atoms with Gasteiger partial charge in [0.1, 0.15) is 0 Å². The molecule has 0 atom stereocenters. The molecule has 2 heteroatoms. The van der Waals surface area contributed by atoms with Crippen molar-refractivity contribution in [2.24, 2.45) is 0 Å². The summed E-state index contributed by atoms with van der Waals surface area (Å²) in [5.74, 6) is 0.893. The van der Waals surface area contributed by atoms with Crippen molar-refractivity contribution < 1.29 is 9.47 Å². The summed E-state index contributed by atoms with van der Waals surface area (Å²) in [6.45, 7) is 7.73. The number of allylic oxidation sites excluding steroid dienone is 4. The van der Waals surface area contributed by atoms with Crippen LogP contribution in [-0.2, 0) is 9.47 Å². The van der Waals surface area contributed by atoms with Gasteiger partial charge in [0.2, 0.25) is 6.79 Å². The lowest BCUT2D eigenvalue weighted by atomic mass is 10.4. The average Bonchev–Trinajstić information content (AvgIpc) is 2.05. The van der Waals surface area contributed by atoms with Crippen molar-refractivity contribution in [3.8, 4) is 0 Å². The lowest BCUT2D eigenvalue weighted by Crippen LogP contribution is -1.92. The third kappa shape index (κ3) is 6.93. The Bertz CT molecular complexity index is 169. The molecule has 0 radical (unpaired) electrons. The third-order valence-corrected chi connectivity index (χ3v) is 1.16. The Morgan fingerprint density at radius 3 is 2.83 bits per heavy atom. The molecule has 0 rings (SSSR count). The molecule has 0 aromatic heterocycles. The first-order valence-electron chi connectivity index (χ1n) is 4.00. The van der Waals surface area contributed by atoms with Crippen molar-refractivity contribution >= 4 is 0 Å². The molecule has 0 aliphatic rings. The molecule has 2 nitrogen and oxygen atoms in total. The van der Waals surface area contributed by atoms with Gasteiger partial charge in [0.15, 0.2) is 0 Å². The van der Waals surface area contributed by atoms with Crippen molar-refractivity contribution in [3.63, 3.8) is 0 Å². The Balaban J connectivity index is 3.36. The molecule has 0 saturated heterocycles. The number of hydrogen-bond acceptors (Lipinski definition) is 2. The van der Waals surface area contributed by atoms with E-state index in [4.69, 9.17) is 9.47 Å². The van der Waals surface area contributed by atoms with Crippen molar-refractivity contribution in [3.05, 3.63) is 36.8 Å². The summed E-state index contributed by atoms with van der Waals surface area (Å²) in [6.07, 6.45) is 7.89. The lowest BCUT2D eigenvalue weighted by molar-refractivity contribution is 0.0293. The highest BCUT2D eigenvalue weighted by atomic mass is 16.7. The molecule has 0 amide bonds. The van der Waals surface area contributed by atoms with E-state index in [1.165, 1.54) is 0 Å². The second-order valence-corrected chi connectivity index (χ2v) is 2.22. The maximum atomic E-state index is 5.18. The van der Waals surface area contributed by atoms with Crippen LogP contribution in [0.3, 0.4) is 0 Å². The highest BCUT2D eigenvalue weighted by molar-refractivity contribution is 4.92. The maximum absolute atomic E-state index is 5.18. The van der Waals surface area contributed by atoms with E-state index in [-0.39, 0.29) is 6.79 Å². The molecule has 68 valence electrons. The molecule has 0 aromatic rings. The number of ether oxygens (including phenoxy) is 2. The van der Waals surface area contributed by atoms with Gasteiger partial charge in [0.25, 0.3) is 0 Å². The fraction of sp³-hybridized carbons (Fsp3) is 0.400. The summed E-state index contributed by atoms with van der Waals surface area (Å²) < 4.78 is 10.2. The van der Waals surface area contributed by atoms with E-state index in [0.29, 0.717) is 0 Å². The van der Waals surface area contributed by atoms with Crippen LogP contribution in [0.4, 0.5) is 0 Å². The van der Waals surface area contributed by atoms with E-state index < -0.39 is 0 Å². The molecular formula is C10H16O2. The fourth-order valence-electron chi connectivity index (χ4n) is 0.624. The van der Waals surface area contributed by atoms with Crippen LogP contribution in [0.25, 0.3) is 0 Å². The van der Waals surface area contributed by atoms with Crippen LogP contribution in [0.1, 0.15) is 20.3 Å². The van der Waals surface area contributed by atoms with Crippen LogP contribution in [0.15, 0.2) is 36.8 Å².